The number of aryl methyl sites for hydroxylation is 1. The zero-order valence-corrected chi connectivity index (χ0v) is 15.2. The van der Waals surface area contributed by atoms with Gasteiger partial charge in [-0.3, -0.25) is 9.59 Å². The van der Waals surface area contributed by atoms with Gasteiger partial charge in [-0.1, -0.05) is 18.2 Å². The molecule has 0 atom stereocenters. The van der Waals surface area contributed by atoms with Gasteiger partial charge in [0, 0.05) is 38.5 Å². The molecule has 1 aromatic carbocycles. The second-order valence-electron chi connectivity index (χ2n) is 5.98. The largest absolute Gasteiger partial charge is 0.486 e. The number of aromatic nitrogens is 1. The second-order valence-corrected chi connectivity index (χ2v) is 6.92. The molecule has 0 unspecified atom stereocenters. The van der Waals surface area contributed by atoms with Crippen molar-refractivity contribution >= 4 is 23.2 Å². The highest BCUT2D eigenvalue weighted by Gasteiger charge is 2.24. The Bertz CT molecular complexity index is 766. The fraction of sp³-hybridized carbons (Fsp3) is 0.389. The normalized spacial score (nSPS) is 14.5. The topological polar surface area (TPSA) is 62.7 Å². The van der Waals surface area contributed by atoms with Gasteiger partial charge in [-0.25, -0.2) is 4.98 Å². The van der Waals surface area contributed by atoms with Crippen molar-refractivity contribution in [1.29, 1.82) is 0 Å². The van der Waals surface area contributed by atoms with Crippen LogP contribution in [0.15, 0.2) is 29.6 Å². The first-order valence-electron chi connectivity index (χ1n) is 8.22. The molecule has 1 aliphatic rings. The number of amides is 2. The highest BCUT2D eigenvalue weighted by atomic mass is 32.1. The van der Waals surface area contributed by atoms with Gasteiger partial charge >= 0.3 is 0 Å². The van der Waals surface area contributed by atoms with E-state index in [4.69, 9.17) is 4.74 Å². The van der Waals surface area contributed by atoms with E-state index in [1.165, 1.54) is 11.3 Å². The van der Waals surface area contributed by atoms with E-state index in [-0.39, 0.29) is 11.8 Å². The van der Waals surface area contributed by atoms with Crippen molar-refractivity contribution in [2.75, 3.05) is 26.2 Å². The summed E-state index contributed by atoms with van der Waals surface area (Å²) in [4.78, 5) is 31.8. The van der Waals surface area contributed by atoms with Crippen LogP contribution in [0.1, 0.15) is 28.0 Å². The van der Waals surface area contributed by atoms with E-state index < -0.39 is 0 Å². The van der Waals surface area contributed by atoms with E-state index in [1.54, 1.807) is 22.1 Å². The lowest BCUT2D eigenvalue weighted by molar-refractivity contribution is -0.130. The number of benzene rings is 1. The summed E-state index contributed by atoms with van der Waals surface area (Å²) in [5, 5.41) is 2.55. The zero-order valence-electron chi connectivity index (χ0n) is 14.4. The fourth-order valence-electron chi connectivity index (χ4n) is 2.72. The van der Waals surface area contributed by atoms with Gasteiger partial charge in [-0.15, -0.1) is 11.3 Å². The van der Waals surface area contributed by atoms with E-state index >= 15 is 0 Å². The van der Waals surface area contributed by atoms with Crippen LogP contribution in [0.2, 0.25) is 0 Å². The summed E-state index contributed by atoms with van der Waals surface area (Å²) in [7, 11) is 0. The molecule has 1 aliphatic heterocycles. The van der Waals surface area contributed by atoms with E-state index in [2.05, 4.69) is 4.98 Å². The van der Waals surface area contributed by atoms with Gasteiger partial charge in [0.05, 0.1) is 0 Å². The van der Waals surface area contributed by atoms with E-state index in [9.17, 15) is 9.59 Å². The summed E-state index contributed by atoms with van der Waals surface area (Å²) in [5.74, 6) is 0.795. The Morgan fingerprint density at radius 1 is 1.16 bits per heavy atom. The zero-order chi connectivity index (χ0) is 17.8. The van der Waals surface area contributed by atoms with Crippen LogP contribution in [-0.2, 0) is 11.4 Å². The fourth-order valence-corrected chi connectivity index (χ4v) is 3.40. The van der Waals surface area contributed by atoms with Gasteiger partial charge in [0.25, 0.3) is 5.91 Å². The highest BCUT2D eigenvalue weighted by Crippen LogP contribution is 2.20. The number of ether oxygens (including phenoxy) is 1. The maximum atomic E-state index is 12.5. The van der Waals surface area contributed by atoms with Gasteiger partial charge in [0.15, 0.2) is 0 Å². The molecule has 0 spiro atoms. The first kappa shape index (κ1) is 17.4. The van der Waals surface area contributed by atoms with Crippen molar-refractivity contribution in [3.8, 4) is 5.75 Å². The third-order valence-electron chi connectivity index (χ3n) is 4.23. The molecule has 1 fully saturated rings. The number of carbonyl (C=O) groups is 2. The first-order valence-corrected chi connectivity index (χ1v) is 9.10. The van der Waals surface area contributed by atoms with E-state index in [1.807, 2.05) is 31.2 Å². The summed E-state index contributed by atoms with van der Waals surface area (Å²) in [6.07, 6.45) is 0. The average molecular weight is 359 g/mol. The lowest BCUT2D eigenvalue weighted by atomic mass is 10.2. The Balaban J connectivity index is 1.57. The first-order chi connectivity index (χ1) is 12.0. The van der Waals surface area contributed by atoms with Gasteiger partial charge in [0.1, 0.15) is 23.1 Å². The average Bonchev–Trinajstić information content (AvgIpc) is 3.09. The van der Waals surface area contributed by atoms with Crippen LogP contribution in [-0.4, -0.2) is 52.8 Å². The van der Waals surface area contributed by atoms with E-state index in [0.29, 0.717) is 38.5 Å². The summed E-state index contributed by atoms with van der Waals surface area (Å²) >= 11 is 1.42. The van der Waals surface area contributed by atoms with Crippen molar-refractivity contribution in [2.24, 2.45) is 0 Å². The summed E-state index contributed by atoms with van der Waals surface area (Å²) in [6, 6.07) is 7.81. The van der Waals surface area contributed by atoms with Crippen LogP contribution in [0.3, 0.4) is 0 Å². The number of thiazole rings is 1. The quantitative estimate of drug-likeness (QED) is 0.841. The summed E-state index contributed by atoms with van der Waals surface area (Å²) < 4.78 is 5.78. The lowest BCUT2D eigenvalue weighted by Crippen LogP contribution is -2.50. The van der Waals surface area contributed by atoms with Crippen LogP contribution in [0.5, 0.6) is 5.75 Å². The van der Waals surface area contributed by atoms with Crippen LogP contribution in [0.4, 0.5) is 0 Å². The number of hydrogen-bond donors (Lipinski definition) is 0. The molecule has 0 saturated carbocycles. The minimum Gasteiger partial charge on any atom is -0.486 e. The minimum absolute atomic E-state index is 0.0522. The van der Waals surface area contributed by atoms with Crippen LogP contribution in [0, 0.1) is 6.92 Å². The van der Waals surface area contributed by atoms with Crippen molar-refractivity contribution < 1.29 is 14.3 Å². The number of rotatable bonds is 4. The molecule has 6 nitrogen and oxygen atoms in total. The molecule has 0 N–H and O–H groups in total. The third-order valence-corrected chi connectivity index (χ3v) is 5.05. The third kappa shape index (κ3) is 4.17. The Labute approximate surface area is 151 Å². The molecular formula is C18H21N3O3S. The predicted octanol–water partition coefficient (Wildman–Crippen LogP) is 2.33. The summed E-state index contributed by atoms with van der Waals surface area (Å²) in [6.45, 7) is 6.14. The Hall–Kier alpha value is -2.41. The molecule has 132 valence electrons. The molecule has 2 aromatic rings. The molecule has 2 heterocycles. The molecule has 2 amide bonds. The number of hydrogen-bond acceptors (Lipinski definition) is 5. The molecule has 25 heavy (non-hydrogen) atoms. The maximum Gasteiger partial charge on any atom is 0.273 e. The molecule has 0 radical (unpaired) electrons. The Morgan fingerprint density at radius 2 is 1.84 bits per heavy atom. The van der Waals surface area contributed by atoms with Crippen LogP contribution >= 0.6 is 11.3 Å². The molecule has 7 heteroatoms. The van der Waals surface area contributed by atoms with Crippen LogP contribution in [0.25, 0.3) is 0 Å². The molecule has 1 aromatic heterocycles. The molecule has 3 rings (SSSR count). The molecule has 1 saturated heterocycles. The second kappa shape index (κ2) is 7.65. The number of carbonyl (C=O) groups excluding carboxylic acids is 2. The van der Waals surface area contributed by atoms with Gasteiger partial charge in [-0.2, -0.15) is 0 Å². The SMILES string of the molecule is CC(=O)N1CCN(C(=O)c2csc(COc3ccccc3C)n2)CC1. The number of nitrogens with zero attached hydrogens (tertiary/aromatic N) is 3. The minimum atomic E-state index is -0.0819. The van der Waals surface area contributed by atoms with Crippen LogP contribution < -0.4 is 4.74 Å². The monoisotopic (exact) mass is 359 g/mol. The van der Waals surface area contributed by atoms with Gasteiger partial charge < -0.3 is 14.5 Å². The summed E-state index contributed by atoms with van der Waals surface area (Å²) in [5.41, 5.74) is 1.52. The Kier molecular flexibility index (Phi) is 5.33. The van der Waals surface area contributed by atoms with Crippen molar-refractivity contribution in [2.45, 2.75) is 20.5 Å². The lowest BCUT2D eigenvalue weighted by Gasteiger charge is -2.33. The highest BCUT2D eigenvalue weighted by molar-refractivity contribution is 7.09. The maximum absolute atomic E-state index is 12.5. The standard InChI is InChI=1S/C18H21N3O3S/c1-13-5-3-4-6-16(13)24-11-17-19-15(12-25-17)18(23)21-9-7-20(8-10-21)14(2)22/h3-6,12H,7-11H2,1-2H3. The molecular weight excluding hydrogens is 338 g/mol. The molecule has 0 aliphatic carbocycles. The van der Waals surface area contributed by atoms with Crippen molar-refractivity contribution in [1.82, 2.24) is 14.8 Å². The smallest absolute Gasteiger partial charge is 0.273 e. The Morgan fingerprint density at radius 3 is 2.52 bits per heavy atom. The molecule has 0 bridgehead atoms. The van der Waals surface area contributed by atoms with Gasteiger partial charge in [0.2, 0.25) is 5.91 Å². The van der Waals surface area contributed by atoms with Crippen molar-refractivity contribution in [3.05, 3.63) is 45.9 Å². The van der Waals surface area contributed by atoms with E-state index in [0.717, 1.165) is 16.3 Å². The van der Waals surface area contributed by atoms with Gasteiger partial charge in [-0.05, 0) is 18.6 Å². The number of piperazine rings is 1. The van der Waals surface area contributed by atoms with Crippen molar-refractivity contribution in [3.63, 3.8) is 0 Å². The number of para-hydroxylation sites is 1. The predicted molar refractivity (Wildman–Crippen MR) is 95.8 cm³/mol.